The molecular weight excluding hydrogens is 226 g/mol. The van der Waals surface area contributed by atoms with Gasteiger partial charge in [-0.05, 0) is 12.8 Å². The van der Waals surface area contributed by atoms with Crippen LogP contribution >= 0.6 is 0 Å². The van der Waals surface area contributed by atoms with Gasteiger partial charge < -0.3 is 19.5 Å². The Labute approximate surface area is 101 Å². The summed E-state index contributed by atoms with van der Waals surface area (Å²) in [5.74, 6) is -0.564. The lowest BCUT2D eigenvalue weighted by Gasteiger charge is -2.16. The number of esters is 1. The third-order valence-corrected chi connectivity index (χ3v) is 2.23. The maximum absolute atomic E-state index is 11.7. The minimum Gasteiger partial charge on any atom is -0.464 e. The normalized spacial score (nSPS) is 23.8. The highest BCUT2D eigenvalue weighted by molar-refractivity contribution is 5.89. The number of nitrogens with one attached hydrogen (secondary N) is 1. The summed E-state index contributed by atoms with van der Waals surface area (Å²) in [6.07, 6.45) is -1.87. The Morgan fingerprint density at radius 1 is 1.35 bits per heavy atom. The molecule has 6 nitrogen and oxygen atoms in total. The van der Waals surface area contributed by atoms with Crippen molar-refractivity contribution in [2.24, 2.45) is 5.92 Å². The zero-order chi connectivity index (χ0) is 12.8. The minimum absolute atomic E-state index is 0.0662. The van der Waals surface area contributed by atoms with Crippen molar-refractivity contribution >= 4 is 11.9 Å². The van der Waals surface area contributed by atoms with Crippen molar-refractivity contribution in [2.45, 2.75) is 33.0 Å². The van der Waals surface area contributed by atoms with Crippen molar-refractivity contribution in [3.63, 3.8) is 0 Å². The number of ether oxygens (including phenoxy) is 3. The van der Waals surface area contributed by atoms with E-state index in [1.165, 1.54) is 0 Å². The summed E-state index contributed by atoms with van der Waals surface area (Å²) in [5, 5.41) is 2.70. The molecule has 0 bridgehead atoms. The Kier molecular flexibility index (Phi) is 5.37. The third-order valence-electron chi connectivity index (χ3n) is 2.23. The molecule has 1 aliphatic rings. The number of hydrogen-bond acceptors (Lipinski definition) is 5. The van der Waals surface area contributed by atoms with Gasteiger partial charge in [-0.2, -0.15) is 0 Å². The van der Waals surface area contributed by atoms with Gasteiger partial charge in [0.15, 0.2) is 12.2 Å². The van der Waals surface area contributed by atoms with Gasteiger partial charge >= 0.3 is 5.97 Å². The van der Waals surface area contributed by atoms with Crippen molar-refractivity contribution in [3.8, 4) is 0 Å². The lowest BCUT2D eigenvalue weighted by atomic mass is 10.1. The van der Waals surface area contributed by atoms with E-state index in [0.717, 1.165) is 0 Å². The second-order valence-electron chi connectivity index (χ2n) is 4.18. The predicted octanol–water partition coefficient (Wildman–Crippen LogP) is 0.0632. The molecule has 1 aliphatic heterocycles. The monoisotopic (exact) mass is 245 g/mol. The van der Waals surface area contributed by atoms with Gasteiger partial charge in [0.25, 0.3) is 5.91 Å². The van der Waals surface area contributed by atoms with E-state index in [2.05, 4.69) is 5.32 Å². The van der Waals surface area contributed by atoms with E-state index in [9.17, 15) is 9.59 Å². The topological polar surface area (TPSA) is 73.9 Å². The molecule has 1 amide bonds. The molecule has 0 aromatic carbocycles. The largest absolute Gasteiger partial charge is 0.464 e. The summed E-state index contributed by atoms with van der Waals surface area (Å²) in [6.45, 7) is 6.38. The van der Waals surface area contributed by atoms with Crippen LogP contribution in [0.2, 0.25) is 0 Å². The highest BCUT2D eigenvalue weighted by Crippen LogP contribution is 2.14. The molecule has 6 heteroatoms. The first-order chi connectivity index (χ1) is 8.06. The van der Waals surface area contributed by atoms with Crippen LogP contribution < -0.4 is 5.32 Å². The van der Waals surface area contributed by atoms with E-state index in [1.807, 2.05) is 13.8 Å². The number of hydrogen-bond donors (Lipinski definition) is 1. The lowest BCUT2D eigenvalue weighted by Crippen LogP contribution is -2.45. The van der Waals surface area contributed by atoms with Crippen molar-refractivity contribution in [1.29, 1.82) is 0 Å². The number of carbonyl (C=O) groups excluding carboxylic acids is 2. The van der Waals surface area contributed by atoms with Gasteiger partial charge in [0, 0.05) is 6.54 Å². The van der Waals surface area contributed by atoms with Crippen LogP contribution in [0, 0.1) is 5.92 Å². The van der Waals surface area contributed by atoms with Crippen LogP contribution in [0.5, 0.6) is 0 Å². The molecule has 1 saturated heterocycles. The molecule has 0 saturated carbocycles. The first-order valence-electron chi connectivity index (χ1n) is 5.73. The van der Waals surface area contributed by atoms with E-state index in [0.29, 0.717) is 12.5 Å². The van der Waals surface area contributed by atoms with Gasteiger partial charge in [-0.15, -0.1) is 0 Å². The smallest absolute Gasteiger partial charge is 0.338 e. The number of rotatable bonds is 5. The quantitative estimate of drug-likeness (QED) is 0.693. The van der Waals surface area contributed by atoms with E-state index >= 15 is 0 Å². The minimum atomic E-state index is -0.956. The molecule has 2 atom stereocenters. The maximum Gasteiger partial charge on any atom is 0.338 e. The van der Waals surface area contributed by atoms with Crippen LogP contribution in [0.1, 0.15) is 20.8 Å². The molecule has 0 aromatic rings. The number of amides is 1. The molecule has 98 valence electrons. The molecule has 0 radical (unpaired) electrons. The molecular formula is C11H19NO5. The van der Waals surface area contributed by atoms with E-state index in [4.69, 9.17) is 14.2 Å². The summed E-state index contributed by atoms with van der Waals surface area (Å²) >= 11 is 0. The van der Waals surface area contributed by atoms with Crippen molar-refractivity contribution in [2.75, 3.05) is 19.9 Å². The SMILES string of the molecule is CCOC(=O)C1OCOC1C(=O)NCC(C)C. The van der Waals surface area contributed by atoms with Crippen molar-refractivity contribution < 1.29 is 23.8 Å². The molecule has 2 unspecified atom stereocenters. The highest BCUT2D eigenvalue weighted by Gasteiger charge is 2.41. The molecule has 1 fully saturated rings. The van der Waals surface area contributed by atoms with E-state index < -0.39 is 18.2 Å². The van der Waals surface area contributed by atoms with Crippen LogP contribution in [0.15, 0.2) is 0 Å². The Morgan fingerprint density at radius 3 is 2.59 bits per heavy atom. The highest BCUT2D eigenvalue weighted by atomic mass is 16.7. The van der Waals surface area contributed by atoms with Gasteiger partial charge in [0.1, 0.15) is 6.79 Å². The van der Waals surface area contributed by atoms with Gasteiger partial charge in [-0.25, -0.2) is 4.79 Å². The zero-order valence-electron chi connectivity index (χ0n) is 10.4. The fraction of sp³-hybridized carbons (Fsp3) is 0.818. The average molecular weight is 245 g/mol. The standard InChI is InChI=1S/C11H19NO5/c1-4-15-11(14)9-8(16-6-17-9)10(13)12-5-7(2)3/h7-9H,4-6H2,1-3H3,(H,12,13). The van der Waals surface area contributed by atoms with Gasteiger partial charge in [-0.3, -0.25) is 4.79 Å². The second-order valence-corrected chi connectivity index (χ2v) is 4.18. The van der Waals surface area contributed by atoms with Crippen LogP contribution in [0.3, 0.4) is 0 Å². The summed E-state index contributed by atoms with van der Waals surface area (Å²) in [5.41, 5.74) is 0. The molecule has 1 N–H and O–H groups in total. The van der Waals surface area contributed by atoms with Crippen molar-refractivity contribution in [3.05, 3.63) is 0 Å². The molecule has 0 aromatic heterocycles. The summed E-state index contributed by atoms with van der Waals surface area (Å²) < 4.78 is 15.0. The lowest BCUT2D eigenvalue weighted by molar-refractivity contribution is -0.156. The molecule has 17 heavy (non-hydrogen) atoms. The predicted molar refractivity (Wildman–Crippen MR) is 59.1 cm³/mol. The Balaban J connectivity index is 2.50. The zero-order valence-corrected chi connectivity index (χ0v) is 10.4. The van der Waals surface area contributed by atoms with Crippen molar-refractivity contribution in [1.82, 2.24) is 5.32 Å². The van der Waals surface area contributed by atoms with Gasteiger partial charge in [0.05, 0.1) is 6.61 Å². The van der Waals surface area contributed by atoms with Crippen LogP contribution in [-0.2, 0) is 23.8 Å². The summed E-state index contributed by atoms with van der Waals surface area (Å²) in [4.78, 5) is 23.2. The summed E-state index contributed by atoms with van der Waals surface area (Å²) in [6, 6.07) is 0. The molecule has 1 rings (SSSR count). The average Bonchev–Trinajstić information content (AvgIpc) is 2.75. The second kappa shape index (κ2) is 6.56. The van der Waals surface area contributed by atoms with Gasteiger partial charge in [-0.1, -0.05) is 13.8 Å². The summed E-state index contributed by atoms with van der Waals surface area (Å²) in [7, 11) is 0. The van der Waals surface area contributed by atoms with Gasteiger partial charge in [0.2, 0.25) is 0 Å². The Bertz CT molecular complexity index is 279. The Morgan fingerprint density at radius 2 is 2.00 bits per heavy atom. The van der Waals surface area contributed by atoms with Crippen LogP contribution in [0.4, 0.5) is 0 Å². The van der Waals surface area contributed by atoms with E-state index in [-0.39, 0.29) is 19.3 Å². The molecule has 0 spiro atoms. The fourth-order valence-corrected chi connectivity index (χ4v) is 1.40. The van der Waals surface area contributed by atoms with E-state index in [1.54, 1.807) is 6.92 Å². The maximum atomic E-state index is 11.7. The molecule has 0 aliphatic carbocycles. The number of carbonyl (C=O) groups is 2. The third kappa shape index (κ3) is 3.98. The fourth-order valence-electron chi connectivity index (χ4n) is 1.40. The van der Waals surface area contributed by atoms with Crippen LogP contribution in [0.25, 0.3) is 0 Å². The first-order valence-corrected chi connectivity index (χ1v) is 5.73. The van der Waals surface area contributed by atoms with Crippen LogP contribution in [-0.4, -0.2) is 44.0 Å². The molecule has 1 heterocycles. The first kappa shape index (κ1) is 13.9. The Hall–Kier alpha value is -1.14.